The van der Waals surface area contributed by atoms with E-state index < -0.39 is 22.1 Å². The number of aliphatic carboxylic acids is 1. The molecule has 0 radical (unpaired) electrons. The lowest BCUT2D eigenvalue weighted by molar-refractivity contribution is -0.141. The van der Waals surface area contributed by atoms with Crippen LogP contribution in [0.25, 0.3) is 0 Å². The van der Waals surface area contributed by atoms with E-state index in [9.17, 15) is 18.3 Å². The molecule has 3 rings (SSSR count). The largest absolute Gasteiger partial charge is 0.481 e. The van der Waals surface area contributed by atoms with Gasteiger partial charge in [-0.1, -0.05) is 12.5 Å². The van der Waals surface area contributed by atoms with Gasteiger partial charge in [-0.15, -0.1) is 0 Å². The fourth-order valence-electron chi connectivity index (χ4n) is 3.40. The molecule has 0 bridgehead atoms. The number of rotatable bonds is 4. The number of carbonyl (C=O) groups is 1. The number of hydrogen-bond donors (Lipinski definition) is 1. The summed E-state index contributed by atoms with van der Waals surface area (Å²) in [7, 11) is -3.59. The molecular formula is C15H21N3O4S. The number of aromatic nitrogens is 1. The third-order valence-electron chi connectivity index (χ3n) is 4.68. The maximum atomic E-state index is 12.8. The van der Waals surface area contributed by atoms with Crippen molar-refractivity contribution in [2.75, 3.05) is 26.2 Å². The Morgan fingerprint density at radius 2 is 1.91 bits per heavy atom. The molecule has 2 atom stereocenters. The first-order valence-electron chi connectivity index (χ1n) is 7.88. The van der Waals surface area contributed by atoms with Crippen LogP contribution in [0.5, 0.6) is 0 Å². The molecule has 8 heteroatoms. The monoisotopic (exact) mass is 339 g/mol. The van der Waals surface area contributed by atoms with Crippen molar-refractivity contribution in [2.24, 2.45) is 5.92 Å². The van der Waals surface area contributed by atoms with Gasteiger partial charge in [0.25, 0.3) is 10.2 Å². The fourth-order valence-corrected chi connectivity index (χ4v) is 5.14. The van der Waals surface area contributed by atoms with Crippen molar-refractivity contribution in [1.82, 2.24) is 13.6 Å². The summed E-state index contributed by atoms with van der Waals surface area (Å²) in [4.78, 5) is 15.6. The third kappa shape index (κ3) is 3.24. The van der Waals surface area contributed by atoms with E-state index in [1.807, 2.05) is 6.07 Å². The van der Waals surface area contributed by atoms with Crippen molar-refractivity contribution in [2.45, 2.75) is 25.2 Å². The number of carboxylic acid groups (broad SMARTS) is 1. The molecule has 0 unspecified atom stereocenters. The van der Waals surface area contributed by atoms with Crippen LogP contribution < -0.4 is 0 Å². The second kappa shape index (κ2) is 6.54. The molecule has 0 aromatic carbocycles. The second-order valence-corrected chi connectivity index (χ2v) is 8.05. The molecule has 2 saturated heterocycles. The third-order valence-corrected chi connectivity index (χ3v) is 6.65. The lowest BCUT2D eigenvalue weighted by Crippen LogP contribution is -2.45. The standard InChI is InChI=1S/C15H21N3O4S/c19-15(20)14-11-18(10-13(14)12-5-4-6-16-9-12)23(21,22)17-7-2-1-3-8-17/h4-6,9,13-14H,1-3,7-8,10-11H2,(H,19,20)/t13-,14+/m0/s1. The van der Waals surface area contributed by atoms with Crippen LogP contribution in [0.15, 0.2) is 24.5 Å². The van der Waals surface area contributed by atoms with Gasteiger partial charge >= 0.3 is 5.97 Å². The Hall–Kier alpha value is -1.51. The minimum absolute atomic E-state index is 0.0216. The molecule has 0 saturated carbocycles. The summed E-state index contributed by atoms with van der Waals surface area (Å²) in [6.45, 7) is 1.26. The van der Waals surface area contributed by atoms with E-state index in [1.165, 1.54) is 8.61 Å². The van der Waals surface area contributed by atoms with Crippen molar-refractivity contribution in [1.29, 1.82) is 0 Å². The van der Waals surface area contributed by atoms with E-state index in [0.29, 0.717) is 13.1 Å². The average Bonchev–Trinajstić information content (AvgIpc) is 3.03. The molecule has 2 aliphatic rings. The van der Waals surface area contributed by atoms with Gasteiger partial charge in [0.05, 0.1) is 5.92 Å². The Balaban J connectivity index is 1.84. The van der Waals surface area contributed by atoms with Crippen molar-refractivity contribution in [3.8, 4) is 0 Å². The summed E-state index contributed by atoms with van der Waals surface area (Å²) in [5.74, 6) is -2.06. The lowest BCUT2D eigenvalue weighted by Gasteiger charge is -2.30. The normalized spacial score (nSPS) is 27.1. The first kappa shape index (κ1) is 16.4. The molecule has 7 nitrogen and oxygen atoms in total. The van der Waals surface area contributed by atoms with Crippen LogP contribution in [0.1, 0.15) is 30.7 Å². The van der Waals surface area contributed by atoms with Gasteiger partial charge in [-0.25, -0.2) is 0 Å². The van der Waals surface area contributed by atoms with Crippen LogP contribution in [0.2, 0.25) is 0 Å². The molecule has 23 heavy (non-hydrogen) atoms. The highest BCUT2D eigenvalue weighted by Crippen LogP contribution is 2.35. The van der Waals surface area contributed by atoms with Gasteiger partial charge in [-0.2, -0.15) is 17.0 Å². The van der Waals surface area contributed by atoms with E-state index in [4.69, 9.17) is 0 Å². The maximum absolute atomic E-state index is 12.8. The molecular weight excluding hydrogens is 318 g/mol. The summed E-state index contributed by atoms with van der Waals surface area (Å²) >= 11 is 0. The van der Waals surface area contributed by atoms with Crippen LogP contribution in [0.4, 0.5) is 0 Å². The minimum Gasteiger partial charge on any atom is -0.481 e. The van der Waals surface area contributed by atoms with Crippen LogP contribution in [0, 0.1) is 5.92 Å². The molecule has 1 aromatic heterocycles. The van der Waals surface area contributed by atoms with Gasteiger partial charge < -0.3 is 5.11 Å². The lowest BCUT2D eigenvalue weighted by atomic mass is 9.90. The minimum atomic E-state index is -3.59. The zero-order valence-corrected chi connectivity index (χ0v) is 13.7. The molecule has 2 fully saturated rings. The van der Waals surface area contributed by atoms with E-state index in [-0.39, 0.29) is 19.0 Å². The number of nitrogens with zero attached hydrogens (tertiary/aromatic N) is 3. The predicted octanol–water partition coefficient (Wildman–Crippen LogP) is 0.912. The van der Waals surface area contributed by atoms with E-state index >= 15 is 0 Å². The van der Waals surface area contributed by atoms with Gasteiger partial charge in [0.2, 0.25) is 0 Å². The Labute approximate surface area is 136 Å². The van der Waals surface area contributed by atoms with Crippen LogP contribution in [0.3, 0.4) is 0 Å². The fraction of sp³-hybridized carbons (Fsp3) is 0.600. The summed E-state index contributed by atoms with van der Waals surface area (Å²) in [6, 6.07) is 3.56. The van der Waals surface area contributed by atoms with E-state index in [1.54, 1.807) is 18.5 Å². The van der Waals surface area contributed by atoms with Crippen molar-refractivity contribution < 1.29 is 18.3 Å². The Morgan fingerprint density at radius 1 is 1.17 bits per heavy atom. The highest BCUT2D eigenvalue weighted by atomic mass is 32.2. The number of pyridine rings is 1. The van der Waals surface area contributed by atoms with E-state index in [0.717, 1.165) is 24.8 Å². The van der Waals surface area contributed by atoms with Crippen molar-refractivity contribution in [3.63, 3.8) is 0 Å². The quantitative estimate of drug-likeness (QED) is 0.880. The van der Waals surface area contributed by atoms with Gasteiger partial charge in [-0.3, -0.25) is 9.78 Å². The van der Waals surface area contributed by atoms with Gasteiger partial charge in [0.15, 0.2) is 0 Å². The van der Waals surface area contributed by atoms with Crippen LogP contribution in [-0.2, 0) is 15.0 Å². The average molecular weight is 339 g/mol. The smallest absolute Gasteiger partial charge is 0.308 e. The first-order chi connectivity index (χ1) is 11.0. The Bertz CT molecular complexity index is 659. The van der Waals surface area contributed by atoms with Crippen molar-refractivity contribution in [3.05, 3.63) is 30.1 Å². The molecule has 0 spiro atoms. The molecule has 1 N–H and O–H groups in total. The molecule has 2 aliphatic heterocycles. The SMILES string of the molecule is O=C(O)[C@@H]1CN(S(=O)(=O)N2CCCCC2)C[C@H]1c1cccnc1. The molecule has 0 aliphatic carbocycles. The van der Waals surface area contributed by atoms with Gasteiger partial charge in [0.1, 0.15) is 0 Å². The summed E-state index contributed by atoms with van der Waals surface area (Å²) in [6.07, 6.45) is 6.01. The molecule has 126 valence electrons. The molecule has 3 heterocycles. The highest BCUT2D eigenvalue weighted by molar-refractivity contribution is 7.86. The summed E-state index contributed by atoms with van der Waals surface area (Å²) in [5, 5.41) is 9.48. The number of carboxylic acids is 1. The first-order valence-corrected chi connectivity index (χ1v) is 9.28. The van der Waals surface area contributed by atoms with Crippen molar-refractivity contribution >= 4 is 16.2 Å². The predicted molar refractivity (Wildman–Crippen MR) is 84.0 cm³/mol. The van der Waals surface area contributed by atoms with Crippen LogP contribution in [-0.4, -0.2) is 59.3 Å². The topological polar surface area (TPSA) is 90.8 Å². The number of hydrogen-bond acceptors (Lipinski definition) is 4. The highest BCUT2D eigenvalue weighted by Gasteiger charge is 2.45. The van der Waals surface area contributed by atoms with Gasteiger partial charge in [-0.05, 0) is 24.5 Å². The zero-order valence-electron chi connectivity index (χ0n) is 12.8. The zero-order chi connectivity index (χ0) is 16.4. The van der Waals surface area contributed by atoms with Crippen LogP contribution >= 0.6 is 0 Å². The molecule has 0 amide bonds. The molecule has 1 aromatic rings. The van der Waals surface area contributed by atoms with E-state index in [2.05, 4.69) is 4.98 Å². The Morgan fingerprint density at radius 3 is 2.52 bits per heavy atom. The Kier molecular flexibility index (Phi) is 4.65. The summed E-state index contributed by atoms with van der Waals surface area (Å²) < 4.78 is 28.4. The number of piperidine rings is 1. The summed E-state index contributed by atoms with van der Waals surface area (Å²) in [5.41, 5.74) is 0.774. The maximum Gasteiger partial charge on any atom is 0.308 e. The second-order valence-electron chi connectivity index (χ2n) is 6.12. The van der Waals surface area contributed by atoms with Gasteiger partial charge in [0, 0.05) is 44.5 Å².